The van der Waals surface area contributed by atoms with Crippen LogP contribution in [0.3, 0.4) is 0 Å². The summed E-state index contributed by atoms with van der Waals surface area (Å²) in [6, 6.07) is -1.26. The lowest BCUT2D eigenvalue weighted by Gasteiger charge is -2.33. The molecule has 0 bridgehead atoms. The molecule has 466 valence electrons. The number of ether oxygens (including phenoxy) is 2. The van der Waals surface area contributed by atoms with Gasteiger partial charge in [-0.25, -0.2) is 14.2 Å². The summed E-state index contributed by atoms with van der Waals surface area (Å²) in [5.41, 5.74) is 5.38. The molecular formula is C57H91N8O17P. The number of carboxylic acid groups (broad SMARTS) is 1. The minimum atomic E-state index is -4.44. The minimum absolute atomic E-state index is 0.0199. The quantitative estimate of drug-likeness (QED) is 0.0360. The van der Waals surface area contributed by atoms with Crippen molar-refractivity contribution >= 4 is 67.2 Å². The fraction of sp³-hybridized carbons (Fsp3) is 0.719. The van der Waals surface area contributed by atoms with Crippen molar-refractivity contribution in [3.8, 4) is 0 Å². The Bertz CT molecular complexity index is 2390. The van der Waals surface area contributed by atoms with E-state index in [2.05, 4.69) is 31.9 Å². The summed E-state index contributed by atoms with van der Waals surface area (Å²) in [5, 5.41) is 25.2. The van der Waals surface area contributed by atoms with Crippen molar-refractivity contribution in [2.45, 2.75) is 232 Å². The Morgan fingerprint density at radius 1 is 0.675 bits per heavy atom. The van der Waals surface area contributed by atoms with E-state index in [0.717, 1.165) is 44.1 Å². The molecule has 8 atom stereocenters. The highest BCUT2D eigenvalue weighted by atomic mass is 31.2. The summed E-state index contributed by atoms with van der Waals surface area (Å²) < 4.78 is 43.2. The molecule has 0 radical (unpaired) electrons. The Labute approximate surface area is 487 Å². The van der Waals surface area contributed by atoms with E-state index >= 15 is 0 Å². The number of carbonyl (C=O) groups is 10. The molecule has 0 aromatic heterocycles. The third kappa shape index (κ3) is 23.4. The molecule has 2 aliphatic carbocycles. The highest BCUT2D eigenvalue weighted by Gasteiger charge is 2.43. The Balaban J connectivity index is 1.53. The van der Waals surface area contributed by atoms with Crippen molar-refractivity contribution in [1.29, 1.82) is 0 Å². The number of amides is 8. The van der Waals surface area contributed by atoms with E-state index < -0.39 is 158 Å². The summed E-state index contributed by atoms with van der Waals surface area (Å²) in [7, 11) is -4.44. The highest BCUT2D eigenvalue weighted by molar-refractivity contribution is 7.48. The number of alkyl carbamates (subject to hydrolysis) is 1. The van der Waals surface area contributed by atoms with Gasteiger partial charge in [0.05, 0.1) is 25.2 Å². The zero-order valence-electron chi connectivity index (χ0n) is 49.7. The number of aliphatic carboxylic acids is 1. The maximum Gasteiger partial charge on any atom is 0.475 e. The topological polar surface area (TPSA) is 356 Å². The van der Waals surface area contributed by atoms with Gasteiger partial charge in [0, 0.05) is 13.0 Å². The molecule has 8 amide bonds. The van der Waals surface area contributed by atoms with Gasteiger partial charge >= 0.3 is 25.9 Å². The van der Waals surface area contributed by atoms with Crippen LogP contribution < -0.4 is 37.6 Å². The van der Waals surface area contributed by atoms with Crippen molar-refractivity contribution in [3.63, 3.8) is 0 Å². The van der Waals surface area contributed by atoms with Crippen LogP contribution in [0.4, 0.5) is 4.79 Å². The molecule has 25 nitrogen and oxygen atoms in total. The zero-order chi connectivity index (χ0) is 61.6. The minimum Gasteiger partial charge on any atom is -0.480 e. The largest absolute Gasteiger partial charge is 0.480 e. The Kier molecular flexibility index (Phi) is 27.9. The molecule has 1 aromatic rings. The van der Waals surface area contributed by atoms with Crippen LogP contribution in [0.15, 0.2) is 30.3 Å². The third-order valence-electron chi connectivity index (χ3n) is 14.7. The number of nitrogens with two attached hydrogens (primary N) is 1. The number of benzene rings is 1. The van der Waals surface area contributed by atoms with Gasteiger partial charge in [-0.2, -0.15) is 0 Å². The zero-order valence-corrected chi connectivity index (χ0v) is 50.6. The average Bonchev–Trinajstić information content (AvgIpc) is 3.87. The number of hydrogen-bond acceptors (Lipinski definition) is 16. The van der Waals surface area contributed by atoms with E-state index in [1.54, 1.807) is 86.6 Å². The molecule has 1 saturated heterocycles. The molecule has 1 aromatic carbocycles. The molecular weight excluding hydrogens is 1100 g/mol. The lowest BCUT2D eigenvalue weighted by Crippen LogP contribution is -2.61. The normalized spacial score (nSPS) is 18.7. The van der Waals surface area contributed by atoms with Crippen LogP contribution in [0, 0.1) is 17.8 Å². The van der Waals surface area contributed by atoms with E-state index in [9.17, 15) is 57.6 Å². The fourth-order valence-corrected chi connectivity index (χ4v) is 11.5. The van der Waals surface area contributed by atoms with Gasteiger partial charge in [-0.3, -0.25) is 51.9 Å². The third-order valence-corrected chi connectivity index (χ3v) is 16.3. The standard InChI is InChI=1S/C57H91N8O17P/c1-10-36(6)48(64-49(68)40(61-56(76)80-57(7,8)9)28-29-45(67)78-32-37-21-14-11-15-22-37)53(72)62-46(34(2)3)54(73)65-30-20-27-43(65)52(71)59-41(31-44(58)66)50(69)60-42(51(70)63-47(35(4)5)55(74)75)33-79-83(77,81-38-23-16-12-17-24-38)82-39-25-18-13-19-26-39/h11,14-15,21-22,34-36,38-43,46-48H,10,12-13,16-20,23-33H2,1-9H3,(H2,58,66)(H,59,71)(H,60,69)(H,61,76)(H,62,72)(H,63,70)(H,64,68)(H,74,75)/t36-,40-,41-,42-,43-,46-,47-,48-/m0/s1. The first-order valence-electron chi connectivity index (χ1n) is 29.2. The monoisotopic (exact) mass is 1190 g/mol. The molecule has 1 aliphatic heterocycles. The molecule has 9 N–H and O–H groups in total. The molecule has 26 heteroatoms. The summed E-state index contributed by atoms with van der Waals surface area (Å²) >= 11 is 0. The van der Waals surface area contributed by atoms with E-state index in [0.29, 0.717) is 38.5 Å². The van der Waals surface area contributed by atoms with Gasteiger partial charge in [0.2, 0.25) is 41.4 Å². The van der Waals surface area contributed by atoms with Crippen molar-refractivity contribution in [2.75, 3.05) is 13.2 Å². The van der Waals surface area contributed by atoms with Crippen LogP contribution in [-0.4, -0.2) is 143 Å². The van der Waals surface area contributed by atoms with Gasteiger partial charge < -0.3 is 57.1 Å². The number of hydrogen-bond donors (Lipinski definition) is 8. The van der Waals surface area contributed by atoms with Crippen LogP contribution in [-0.2, 0) is 77.4 Å². The van der Waals surface area contributed by atoms with Crippen molar-refractivity contribution in [3.05, 3.63) is 35.9 Å². The number of likely N-dealkylation sites (tertiary alicyclic amines) is 1. The number of carbonyl (C=O) groups excluding carboxylic acids is 9. The molecule has 4 rings (SSSR count). The Morgan fingerprint density at radius 2 is 1.22 bits per heavy atom. The number of esters is 1. The number of carboxylic acids is 1. The lowest BCUT2D eigenvalue weighted by atomic mass is 9.95. The van der Waals surface area contributed by atoms with Gasteiger partial charge in [-0.1, -0.05) is 117 Å². The van der Waals surface area contributed by atoms with Gasteiger partial charge in [-0.05, 0) is 89.0 Å². The first kappa shape index (κ1) is 69.3. The number of rotatable bonds is 31. The van der Waals surface area contributed by atoms with Crippen LogP contribution in [0.25, 0.3) is 0 Å². The second-order valence-electron chi connectivity index (χ2n) is 23.5. The van der Waals surface area contributed by atoms with Gasteiger partial charge in [0.15, 0.2) is 0 Å². The summed E-state index contributed by atoms with van der Waals surface area (Å²) in [6.45, 7) is 14.0. The smallest absolute Gasteiger partial charge is 0.475 e. The van der Waals surface area contributed by atoms with Crippen LogP contribution >= 0.6 is 7.82 Å². The number of phosphoric ester groups is 1. The Hall–Kier alpha value is -6.17. The molecule has 83 heavy (non-hydrogen) atoms. The van der Waals surface area contributed by atoms with E-state index in [1.165, 1.54) is 4.90 Å². The number of phosphoric acid groups is 1. The average molecular weight is 1190 g/mol. The summed E-state index contributed by atoms with van der Waals surface area (Å²) in [6.07, 6.45) is 5.03. The van der Waals surface area contributed by atoms with Crippen molar-refractivity contribution < 1.29 is 80.7 Å². The first-order valence-corrected chi connectivity index (χ1v) is 30.7. The second kappa shape index (κ2) is 33.4. The lowest BCUT2D eigenvalue weighted by molar-refractivity contribution is -0.145. The Morgan fingerprint density at radius 3 is 1.75 bits per heavy atom. The number of primary amides is 1. The molecule has 1 heterocycles. The molecule has 0 spiro atoms. The highest BCUT2D eigenvalue weighted by Crippen LogP contribution is 2.54. The molecule has 3 aliphatic rings. The molecule has 0 unspecified atom stereocenters. The van der Waals surface area contributed by atoms with Gasteiger partial charge in [0.25, 0.3) is 0 Å². The number of nitrogens with zero attached hydrogens (tertiary/aromatic N) is 1. The molecule has 3 fully saturated rings. The molecule has 2 saturated carbocycles. The number of nitrogens with one attached hydrogen (secondary N) is 6. The van der Waals surface area contributed by atoms with Crippen molar-refractivity contribution in [1.82, 2.24) is 36.8 Å². The van der Waals surface area contributed by atoms with Crippen LogP contribution in [0.2, 0.25) is 0 Å². The van der Waals surface area contributed by atoms with E-state index in [1.807, 2.05) is 6.07 Å². The maximum absolute atomic E-state index is 14.6. The van der Waals surface area contributed by atoms with E-state index in [-0.39, 0.29) is 32.4 Å². The van der Waals surface area contributed by atoms with Gasteiger partial charge in [-0.15, -0.1) is 0 Å². The van der Waals surface area contributed by atoms with Gasteiger partial charge in [0.1, 0.15) is 54.5 Å². The fourth-order valence-electron chi connectivity index (χ4n) is 9.84. The van der Waals surface area contributed by atoms with Crippen LogP contribution in [0.1, 0.15) is 171 Å². The summed E-state index contributed by atoms with van der Waals surface area (Å²) in [5.74, 6) is -10.2. The SMILES string of the molecule is CC[C@H](C)[C@H](NC(=O)[C@H](CCC(=O)OCc1ccccc1)NC(=O)OC(C)(C)C)C(=O)N[C@H](C(=O)N1CCC[C@H]1C(=O)N[C@@H](CC(N)=O)C(=O)N[C@@H](COP(=O)(OC1CCCCC1)OC1CCCCC1)C(=O)N[C@H](C(=O)O)C(C)C)C(C)C. The summed E-state index contributed by atoms with van der Waals surface area (Å²) in [4.78, 5) is 138. The van der Waals surface area contributed by atoms with Crippen molar-refractivity contribution in [2.24, 2.45) is 23.5 Å². The van der Waals surface area contributed by atoms with Crippen LogP contribution in [0.5, 0.6) is 0 Å². The maximum atomic E-state index is 14.6. The predicted octanol–water partition coefficient (Wildman–Crippen LogP) is 4.96. The van der Waals surface area contributed by atoms with E-state index in [4.69, 9.17) is 28.8 Å². The second-order valence-corrected chi connectivity index (χ2v) is 25.1. The predicted molar refractivity (Wildman–Crippen MR) is 303 cm³/mol. The first-order chi connectivity index (χ1) is 39.1.